The van der Waals surface area contributed by atoms with E-state index in [1.807, 2.05) is 41.7 Å². The molecular weight excluding hydrogens is 366 g/mol. The summed E-state index contributed by atoms with van der Waals surface area (Å²) < 4.78 is 3.42. The zero-order valence-corrected chi connectivity index (χ0v) is 15.3. The molecule has 0 saturated heterocycles. The van der Waals surface area contributed by atoms with Crippen LogP contribution in [0.2, 0.25) is 5.02 Å². The fourth-order valence-corrected chi connectivity index (χ4v) is 3.06. The monoisotopic (exact) mass is 381 g/mol. The maximum Gasteiger partial charge on any atom is 0.262 e. The lowest BCUT2D eigenvalue weighted by molar-refractivity contribution is 0.126. The van der Waals surface area contributed by atoms with Crippen LogP contribution in [-0.4, -0.2) is 25.4 Å². The molecule has 27 heavy (non-hydrogen) atoms. The molecule has 0 radical (unpaired) electrons. The Morgan fingerprint density at radius 1 is 1.15 bits per heavy atom. The lowest BCUT2D eigenvalue weighted by atomic mass is 10.2. The summed E-state index contributed by atoms with van der Waals surface area (Å²) in [5.41, 5.74) is 1.53. The Morgan fingerprint density at radius 3 is 2.70 bits per heavy atom. The van der Waals surface area contributed by atoms with Gasteiger partial charge in [0.05, 0.1) is 17.1 Å². The summed E-state index contributed by atoms with van der Waals surface area (Å²) in [6.07, 6.45) is 1.60. The normalized spacial score (nSPS) is 11.6. The smallest absolute Gasteiger partial charge is 0.262 e. The molecule has 0 aliphatic carbocycles. The first-order valence-corrected chi connectivity index (χ1v) is 8.83. The van der Waals surface area contributed by atoms with Crippen molar-refractivity contribution in [1.82, 2.24) is 19.2 Å². The summed E-state index contributed by atoms with van der Waals surface area (Å²) >= 11 is 5.86. The van der Waals surface area contributed by atoms with Crippen LogP contribution in [0.5, 0.6) is 0 Å². The fraction of sp³-hybridized carbons (Fsp3) is 0.158. The SMILES string of the molecule is CCn1c(=O)c2ccccc2n2c(CO/N=C/c3ccc(Cl)cc3)nnc12. The van der Waals surface area contributed by atoms with Crippen molar-refractivity contribution in [2.45, 2.75) is 20.1 Å². The molecule has 0 N–H and O–H groups in total. The average molecular weight is 382 g/mol. The molecule has 2 aromatic heterocycles. The minimum atomic E-state index is -0.0822. The zero-order chi connectivity index (χ0) is 18.8. The van der Waals surface area contributed by atoms with Gasteiger partial charge in [-0.2, -0.15) is 0 Å². The summed E-state index contributed by atoms with van der Waals surface area (Å²) in [4.78, 5) is 18.0. The molecule has 0 bridgehead atoms. The van der Waals surface area contributed by atoms with Gasteiger partial charge in [0.15, 0.2) is 12.4 Å². The maximum absolute atomic E-state index is 12.6. The van der Waals surface area contributed by atoms with E-state index < -0.39 is 0 Å². The Balaban J connectivity index is 1.67. The van der Waals surface area contributed by atoms with Crippen LogP contribution in [0.25, 0.3) is 16.7 Å². The minimum absolute atomic E-state index is 0.0822. The third-order valence-electron chi connectivity index (χ3n) is 4.23. The number of rotatable bonds is 5. The van der Waals surface area contributed by atoms with Gasteiger partial charge >= 0.3 is 0 Å². The van der Waals surface area contributed by atoms with Crippen LogP contribution in [0.3, 0.4) is 0 Å². The Morgan fingerprint density at radius 2 is 1.93 bits per heavy atom. The Kier molecular flexibility index (Phi) is 4.60. The highest BCUT2D eigenvalue weighted by Crippen LogP contribution is 2.15. The Labute approximate surface area is 159 Å². The summed E-state index contributed by atoms with van der Waals surface area (Å²) in [5.74, 6) is 1.05. The first kappa shape index (κ1) is 17.2. The third kappa shape index (κ3) is 3.17. The second-order valence-corrected chi connectivity index (χ2v) is 6.31. The van der Waals surface area contributed by atoms with Gasteiger partial charge in [0.1, 0.15) is 0 Å². The predicted octanol–water partition coefficient (Wildman–Crippen LogP) is 3.27. The molecular formula is C19H16ClN5O2. The van der Waals surface area contributed by atoms with Gasteiger partial charge in [-0.15, -0.1) is 10.2 Å². The van der Waals surface area contributed by atoms with E-state index in [9.17, 15) is 4.79 Å². The summed E-state index contributed by atoms with van der Waals surface area (Å²) in [6, 6.07) is 14.6. The van der Waals surface area contributed by atoms with Crippen molar-refractivity contribution < 1.29 is 4.84 Å². The average Bonchev–Trinajstić information content (AvgIpc) is 3.11. The van der Waals surface area contributed by atoms with Gasteiger partial charge in [0.25, 0.3) is 5.56 Å². The first-order valence-electron chi connectivity index (χ1n) is 8.45. The molecule has 136 valence electrons. The van der Waals surface area contributed by atoms with E-state index in [0.717, 1.165) is 11.1 Å². The van der Waals surface area contributed by atoms with Crippen molar-refractivity contribution in [3.05, 3.63) is 75.3 Å². The molecule has 8 heteroatoms. The molecule has 0 aliphatic heterocycles. The third-order valence-corrected chi connectivity index (χ3v) is 4.48. The van der Waals surface area contributed by atoms with Crippen LogP contribution in [-0.2, 0) is 18.0 Å². The number of benzene rings is 2. The van der Waals surface area contributed by atoms with Gasteiger partial charge < -0.3 is 4.84 Å². The second-order valence-electron chi connectivity index (χ2n) is 5.88. The van der Waals surface area contributed by atoms with Gasteiger partial charge in [-0.25, -0.2) is 0 Å². The van der Waals surface area contributed by atoms with Crippen molar-refractivity contribution >= 4 is 34.5 Å². The minimum Gasteiger partial charge on any atom is -0.388 e. The number of hydrogen-bond donors (Lipinski definition) is 0. The van der Waals surface area contributed by atoms with Crippen LogP contribution in [0, 0.1) is 0 Å². The Bertz CT molecular complexity index is 1190. The van der Waals surface area contributed by atoms with E-state index >= 15 is 0 Å². The van der Waals surface area contributed by atoms with E-state index in [0.29, 0.717) is 28.6 Å². The van der Waals surface area contributed by atoms with Crippen LogP contribution in [0.1, 0.15) is 18.3 Å². The topological polar surface area (TPSA) is 73.8 Å². The number of nitrogens with zero attached hydrogens (tertiary/aromatic N) is 5. The van der Waals surface area contributed by atoms with E-state index in [1.54, 1.807) is 29.0 Å². The highest BCUT2D eigenvalue weighted by Gasteiger charge is 2.15. The number of para-hydroxylation sites is 1. The van der Waals surface area contributed by atoms with Crippen molar-refractivity contribution in [2.24, 2.45) is 5.16 Å². The highest BCUT2D eigenvalue weighted by atomic mass is 35.5. The highest BCUT2D eigenvalue weighted by molar-refractivity contribution is 6.30. The Hall–Kier alpha value is -3.19. The molecule has 0 amide bonds. The molecule has 2 aromatic carbocycles. The quantitative estimate of drug-likeness (QED) is 0.393. The van der Waals surface area contributed by atoms with Gasteiger partial charge in [-0.3, -0.25) is 13.8 Å². The number of fused-ring (bicyclic) bond motifs is 3. The maximum atomic E-state index is 12.6. The number of aromatic nitrogens is 4. The zero-order valence-electron chi connectivity index (χ0n) is 14.5. The molecule has 0 spiro atoms. The lowest BCUT2D eigenvalue weighted by Gasteiger charge is -2.09. The number of aryl methyl sites for hydroxylation is 1. The molecule has 0 atom stereocenters. The van der Waals surface area contributed by atoms with Gasteiger partial charge in [-0.1, -0.05) is 41.0 Å². The summed E-state index contributed by atoms with van der Waals surface area (Å²) in [6.45, 7) is 2.52. The van der Waals surface area contributed by atoms with Gasteiger partial charge in [0, 0.05) is 11.6 Å². The van der Waals surface area contributed by atoms with E-state index in [1.165, 1.54) is 0 Å². The van der Waals surface area contributed by atoms with Crippen molar-refractivity contribution in [1.29, 1.82) is 0 Å². The molecule has 4 aromatic rings. The fourth-order valence-electron chi connectivity index (χ4n) is 2.93. The number of hydrogen-bond acceptors (Lipinski definition) is 5. The van der Waals surface area contributed by atoms with Crippen molar-refractivity contribution in [3.8, 4) is 0 Å². The molecule has 2 heterocycles. The molecule has 0 unspecified atom stereocenters. The number of halogens is 1. The largest absolute Gasteiger partial charge is 0.388 e. The van der Waals surface area contributed by atoms with E-state index in [-0.39, 0.29) is 12.2 Å². The lowest BCUT2D eigenvalue weighted by Crippen LogP contribution is -2.22. The van der Waals surface area contributed by atoms with Crippen LogP contribution in [0.15, 0.2) is 58.5 Å². The van der Waals surface area contributed by atoms with Crippen LogP contribution in [0.4, 0.5) is 0 Å². The van der Waals surface area contributed by atoms with Crippen molar-refractivity contribution in [2.75, 3.05) is 0 Å². The van der Waals surface area contributed by atoms with Crippen LogP contribution >= 0.6 is 11.6 Å². The van der Waals surface area contributed by atoms with Gasteiger partial charge in [-0.05, 0) is 36.8 Å². The standard InChI is InChI=1S/C19H16ClN5O2/c1-2-24-18(26)15-5-3-4-6-16(15)25-17(22-23-19(24)25)12-27-21-11-13-7-9-14(20)10-8-13/h3-11H,2,12H2,1H3/b21-11+. The predicted molar refractivity (Wildman–Crippen MR) is 104 cm³/mol. The van der Waals surface area contributed by atoms with Gasteiger partial charge in [0.2, 0.25) is 5.78 Å². The molecule has 7 nitrogen and oxygen atoms in total. The van der Waals surface area contributed by atoms with Crippen LogP contribution < -0.4 is 5.56 Å². The second kappa shape index (κ2) is 7.20. The number of oxime groups is 1. The van der Waals surface area contributed by atoms with Crippen molar-refractivity contribution in [3.63, 3.8) is 0 Å². The van der Waals surface area contributed by atoms with E-state index in [2.05, 4.69) is 15.4 Å². The molecule has 0 aliphatic rings. The van der Waals surface area contributed by atoms with E-state index in [4.69, 9.17) is 16.4 Å². The molecule has 0 saturated carbocycles. The molecule has 4 rings (SSSR count). The molecule has 0 fully saturated rings. The summed E-state index contributed by atoms with van der Waals surface area (Å²) in [7, 11) is 0. The summed E-state index contributed by atoms with van der Waals surface area (Å²) in [5, 5.41) is 13.6. The first-order chi connectivity index (χ1) is 13.2.